The average molecular weight is 262 g/mol. The fourth-order valence-electron chi connectivity index (χ4n) is 2.59. The molecular weight excluding hydrogens is 240 g/mol. The predicted molar refractivity (Wildman–Crippen MR) is 76.4 cm³/mol. The lowest BCUT2D eigenvalue weighted by molar-refractivity contribution is -0.122. The molecule has 0 saturated carbocycles. The number of nitrogens with zero attached hydrogens (tertiary/aromatic N) is 1. The van der Waals surface area contributed by atoms with Gasteiger partial charge in [0.2, 0.25) is 5.91 Å². The highest BCUT2D eigenvalue weighted by Gasteiger charge is 2.35. The summed E-state index contributed by atoms with van der Waals surface area (Å²) in [6.07, 6.45) is 0. The van der Waals surface area contributed by atoms with Crippen molar-refractivity contribution in [2.24, 2.45) is 5.92 Å². The Kier molecular flexibility index (Phi) is 4.56. The van der Waals surface area contributed by atoms with Crippen LogP contribution < -0.4 is 10.2 Å². The van der Waals surface area contributed by atoms with Gasteiger partial charge in [-0.3, -0.25) is 4.79 Å². The zero-order valence-corrected chi connectivity index (χ0v) is 11.8. The molecule has 19 heavy (non-hydrogen) atoms. The highest BCUT2D eigenvalue weighted by Crippen LogP contribution is 2.24. The summed E-state index contributed by atoms with van der Waals surface area (Å²) < 4.78 is 5.43. The highest BCUT2D eigenvalue weighted by atomic mass is 16.5. The molecule has 2 unspecified atom stereocenters. The predicted octanol–water partition coefficient (Wildman–Crippen LogP) is 1.58. The number of hydrogen-bond donors (Lipinski definition) is 1. The molecule has 1 N–H and O–H groups in total. The Labute approximate surface area is 114 Å². The monoisotopic (exact) mass is 262 g/mol. The minimum Gasteiger partial charge on any atom is -0.379 e. The molecule has 104 valence electrons. The van der Waals surface area contributed by atoms with Crippen molar-refractivity contribution in [3.63, 3.8) is 0 Å². The average Bonchev–Trinajstić information content (AvgIpc) is 2.89. The molecule has 1 fully saturated rings. The molecule has 4 heteroatoms. The maximum Gasteiger partial charge on any atom is 0.234 e. The van der Waals surface area contributed by atoms with E-state index in [1.54, 1.807) is 0 Å². The lowest BCUT2D eigenvalue weighted by Gasteiger charge is -2.27. The second-order valence-corrected chi connectivity index (χ2v) is 4.91. The molecule has 1 aliphatic rings. The van der Waals surface area contributed by atoms with Gasteiger partial charge < -0.3 is 15.0 Å². The summed E-state index contributed by atoms with van der Waals surface area (Å²) in [5, 5.41) is 3.17. The summed E-state index contributed by atoms with van der Waals surface area (Å²) in [6, 6.07) is 8.11. The number of ether oxygens (including phenoxy) is 1. The molecule has 0 aromatic heterocycles. The van der Waals surface area contributed by atoms with Crippen LogP contribution in [0.3, 0.4) is 0 Å². The van der Waals surface area contributed by atoms with Crippen LogP contribution >= 0.6 is 0 Å². The van der Waals surface area contributed by atoms with E-state index in [2.05, 4.69) is 5.32 Å². The number of anilines is 1. The maximum absolute atomic E-state index is 12.7. The minimum atomic E-state index is -0.0930. The third kappa shape index (κ3) is 2.80. The van der Waals surface area contributed by atoms with Crippen LogP contribution in [-0.4, -0.2) is 38.8 Å². The summed E-state index contributed by atoms with van der Waals surface area (Å²) in [4.78, 5) is 14.6. The topological polar surface area (TPSA) is 41.6 Å². The van der Waals surface area contributed by atoms with Crippen molar-refractivity contribution in [1.29, 1.82) is 0 Å². The van der Waals surface area contributed by atoms with Crippen molar-refractivity contribution in [2.45, 2.75) is 19.9 Å². The van der Waals surface area contributed by atoms with Crippen molar-refractivity contribution in [3.05, 3.63) is 29.8 Å². The molecule has 2 atom stereocenters. The first kappa shape index (κ1) is 14.0. The number of benzene rings is 1. The lowest BCUT2D eigenvalue weighted by atomic mass is 10.0. The van der Waals surface area contributed by atoms with E-state index in [1.807, 2.05) is 50.1 Å². The first-order chi connectivity index (χ1) is 9.19. The Hall–Kier alpha value is -1.39. The maximum atomic E-state index is 12.7. The number of nitrogens with one attached hydrogen (secondary N) is 1. The first-order valence-electron chi connectivity index (χ1n) is 6.81. The number of aryl methyl sites for hydroxylation is 1. The van der Waals surface area contributed by atoms with E-state index < -0.39 is 0 Å². The quantitative estimate of drug-likeness (QED) is 0.896. The Balaban J connectivity index is 2.22. The minimum absolute atomic E-state index is 0.0930. The highest BCUT2D eigenvalue weighted by molar-refractivity contribution is 5.96. The van der Waals surface area contributed by atoms with E-state index in [0.717, 1.165) is 11.3 Å². The van der Waals surface area contributed by atoms with Crippen LogP contribution in [0.15, 0.2) is 24.3 Å². The number of amides is 1. The van der Waals surface area contributed by atoms with Gasteiger partial charge in [-0.15, -0.1) is 0 Å². The Morgan fingerprint density at radius 3 is 2.79 bits per heavy atom. The van der Waals surface area contributed by atoms with E-state index in [-0.39, 0.29) is 17.9 Å². The smallest absolute Gasteiger partial charge is 0.234 e. The van der Waals surface area contributed by atoms with Crippen molar-refractivity contribution in [3.8, 4) is 0 Å². The summed E-state index contributed by atoms with van der Waals surface area (Å²) in [5.41, 5.74) is 2.12. The number of rotatable bonds is 4. The second-order valence-electron chi connectivity index (χ2n) is 4.91. The van der Waals surface area contributed by atoms with Crippen LogP contribution in [0.1, 0.15) is 12.5 Å². The van der Waals surface area contributed by atoms with E-state index in [9.17, 15) is 4.79 Å². The molecular formula is C15H22N2O2. The van der Waals surface area contributed by atoms with Crippen LogP contribution in [0.5, 0.6) is 0 Å². The fourth-order valence-corrected chi connectivity index (χ4v) is 2.59. The van der Waals surface area contributed by atoms with Gasteiger partial charge in [0.25, 0.3) is 0 Å². The van der Waals surface area contributed by atoms with Gasteiger partial charge in [0.05, 0.1) is 19.1 Å². The molecule has 0 bridgehead atoms. The number of hydrogen-bond acceptors (Lipinski definition) is 3. The van der Waals surface area contributed by atoms with Gasteiger partial charge in [0, 0.05) is 18.3 Å². The van der Waals surface area contributed by atoms with Gasteiger partial charge in [-0.1, -0.05) is 18.2 Å². The zero-order valence-electron chi connectivity index (χ0n) is 11.8. The summed E-state index contributed by atoms with van der Waals surface area (Å²) >= 11 is 0. The van der Waals surface area contributed by atoms with E-state index in [1.165, 1.54) is 0 Å². The molecule has 1 aliphatic heterocycles. The number of carbonyl (C=O) groups excluding carboxylic acids is 1. The summed E-state index contributed by atoms with van der Waals surface area (Å²) in [7, 11) is 1.88. The van der Waals surface area contributed by atoms with Gasteiger partial charge >= 0.3 is 0 Å². The number of para-hydroxylation sites is 1. The van der Waals surface area contributed by atoms with Gasteiger partial charge in [0.15, 0.2) is 0 Å². The number of carbonyl (C=O) groups is 1. The largest absolute Gasteiger partial charge is 0.379 e. The van der Waals surface area contributed by atoms with Crippen molar-refractivity contribution < 1.29 is 9.53 Å². The van der Waals surface area contributed by atoms with Crippen molar-refractivity contribution >= 4 is 11.6 Å². The van der Waals surface area contributed by atoms with Gasteiger partial charge in [-0.25, -0.2) is 0 Å². The molecule has 1 aromatic carbocycles. The SMILES string of the molecule is CCN(C(=O)C1COCC1NC)c1ccccc1C. The summed E-state index contributed by atoms with van der Waals surface area (Å²) in [5.74, 6) is 0.0539. The molecule has 1 amide bonds. The molecule has 1 heterocycles. The van der Waals surface area contributed by atoms with E-state index in [4.69, 9.17) is 4.74 Å². The Bertz CT molecular complexity index is 448. The molecule has 4 nitrogen and oxygen atoms in total. The van der Waals surface area contributed by atoms with E-state index in [0.29, 0.717) is 19.8 Å². The van der Waals surface area contributed by atoms with Crippen LogP contribution in [0.2, 0.25) is 0 Å². The molecule has 2 rings (SSSR count). The number of likely N-dealkylation sites (N-methyl/N-ethyl adjacent to an activating group) is 1. The van der Waals surface area contributed by atoms with Gasteiger partial charge in [-0.05, 0) is 32.5 Å². The van der Waals surface area contributed by atoms with Crippen LogP contribution in [-0.2, 0) is 9.53 Å². The zero-order chi connectivity index (χ0) is 13.8. The standard InChI is InChI=1S/C15H22N2O2/c1-4-17(14-8-6-5-7-11(14)2)15(18)12-9-19-10-13(12)16-3/h5-8,12-13,16H,4,9-10H2,1-3H3. The molecule has 1 aromatic rings. The van der Waals surface area contributed by atoms with Crippen LogP contribution in [0, 0.1) is 12.8 Å². The molecule has 0 aliphatic carbocycles. The van der Waals surface area contributed by atoms with E-state index >= 15 is 0 Å². The first-order valence-corrected chi connectivity index (χ1v) is 6.81. The van der Waals surface area contributed by atoms with Gasteiger partial charge in [-0.2, -0.15) is 0 Å². The third-order valence-corrected chi connectivity index (χ3v) is 3.76. The lowest BCUT2D eigenvalue weighted by Crippen LogP contribution is -2.45. The van der Waals surface area contributed by atoms with Crippen LogP contribution in [0.4, 0.5) is 5.69 Å². The Morgan fingerprint density at radius 2 is 2.16 bits per heavy atom. The third-order valence-electron chi connectivity index (χ3n) is 3.76. The normalized spacial score (nSPS) is 22.5. The fraction of sp³-hybridized carbons (Fsp3) is 0.533. The van der Waals surface area contributed by atoms with Crippen molar-refractivity contribution in [1.82, 2.24) is 5.32 Å². The summed E-state index contributed by atoms with van der Waals surface area (Å²) in [6.45, 7) is 5.84. The van der Waals surface area contributed by atoms with Crippen molar-refractivity contribution in [2.75, 3.05) is 31.7 Å². The Morgan fingerprint density at radius 1 is 1.42 bits per heavy atom. The molecule has 0 spiro atoms. The van der Waals surface area contributed by atoms with Crippen LogP contribution in [0.25, 0.3) is 0 Å². The molecule has 0 radical (unpaired) electrons. The molecule has 1 saturated heterocycles. The van der Waals surface area contributed by atoms with Gasteiger partial charge in [0.1, 0.15) is 0 Å². The second kappa shape index (κ2) is 6.17.